The topological polar surface area (TPSA) is 116 Å². The molecule has 1 aliphatic rings. The van der Waals surface area contributed by atoms with Crippen LogP contribution >= 0.6 is 0 Å². The predicted octanol–water partition coefficient (Wildman–Crippen LogP) is 8.42. The number of para-hydroxylation sites is 1. The summed E-state index contributed by atoms with van der Waals surface area (Å²) < 4.78 is 2.18. The van der Waals surface area contributed by atoms with Crippen molar-refractivity contribution in [1.82, 2.24) is 30.3 Å². The van der Waals surface area contributed by atoms with Gasteiger partial charge in [0, 0.05) is 51.2 Å². The monoisotopic (exact) mass is 779 g/mol. The van der Waals surface area contributed by atoms with Crippen LogP contribution in [-0.2, 0) is 35.6 Å². The molecule has 10 heteroatoms. The number of hydrogen-bond donors (Lipinski definition) is 3. The van der Waals surface area contributed by atoms with E-state index in [0.717, 1.165) is 60.7 Å². The van der Waals surface area contributed by atoms with Crippen molar-refractivity contribution >= 4 is 34.5 Å². The molecular formula is C47H66N6O4. The number of ketones is 1. The summed E-state index contributed by atoms with van der Waals surface area (Å²) in [6, 6.07) is 23.7. The summed E-state index contributed by atoms with van der Waals surface area (Å²) in [5.74, 6) is -0.392. The normalized spacial score (nSPS) is 14.2. The maximum Gasteiger partial charge on any atom is 0.316 e. The number of Topliss-reactive ketones (excluding diaryl/α,β-unsaturated/α-hetero) is 1. The molecular weight excluding hydrogens is 713 g/mol. The average molecular weight is 779 g/mol. The molecule has 1 aliphatic heterocycles. The molecule has 0 aliphatic carbocycles. The Kier molecular flexibility index (Phi) is 17.1. The third-order valence-corrected chi connectivity index (χ3v) is 10.0. The summed E-state index contributed by atoms with van der Waals surface area (Å²) in [5, 5.41) is 9.70. The average Bonchev–Trinajstić information content (AvgIpc) is 3.57. The van der Waals surface area contributed by atoms with Gasteiger partial charge in [-0.25, -0.2) is 4.79 Å². The Hall–Kier alpha value is -5.22. The SMILES string of the molecule is C=CCNCC(=O)N1CC(=O)N(Cc2cccc3c(C(=O)CC(C)(C)C)cn(CCCCCC)c23)C[C@@H]1NC(=O)NCc1ccccc1.CCc1ccc(C)cc1.[HH]. The number of carbonyl (C=O) groups excluding carboxylic acids is 4. The molecule has 57 heavy (non-hydrogen) atoms. The van der Waals surface area contributed by atoms with Crippen molar-refractivity contribution in [3.8, 4) is 0 Å². The molecule has 2 heterocycles. The zero-order valence-corrected chi connectivity index (χ0v) is 35.0. The highest BCUT2D eigenvalue weighted by molar-refractivity contribution is 6.09. The van der Waals surface area contributed by atoms with Crippen LogP contribution in [0.3, 0.4) is 0 Å². The van der Waals surface area contributed by atoms with Crippen molar-refractivity contribution in [2.45, 2.75) is 106 Å². The summed E-state index contributed by atoms with van der Waals surface area (Å²) >= 11 is 0. The molecule has 3 N–H and O–H groups in total. The zero-order chi connectivity index (χ0) is 41.4. The smallest absolute Gasteiger partial charge is 0.316 e. The summed E-state index contributed by atoms with van der Waals surface area (Å²) in [5.41, 5.74) is 6.14. The van der Waals surface area contributed by atoms with E-state index in [9.17, 15) is 19.2 Å². The van der Waals surface area contributed by atoms with Gasteiger partial charge in [0.2, 0.25) is 11.8 Å². The molecule has 1 atom stereocenters. The molecule has 308 valence electrons. The van der Waals surface area contributed by atoms with Crippen LogP contribution in [0.4, 0.5) is 4.79 Å². The van der Waals surface area contributed by atoms with Gasteiger partial charge < -0.3 is 30.3 Å². The lowest BCUT2D eigenvalue weighted by atomic mass is 9.88. The fourth-order valence-electron chi connectivity index (χ4n) is 6.95. The summed E-state index contributed by atoms with van der Waals surface area (Å²) in [6.07, 6.45) is 8.85. The molecule has 4 amide bonds. The Bertz CT molecular complexity index is 1940. The van der Waals surface area contributed by atoms with Crippen LogP contribution in [0.5, 0.6) is 0 Å². The largest absolute Gasteiger partial charge is 0.346 e. The summed E-state index contributed by atoms with van der Waals surface area (Å²) in [7, 11) is 0. The molecule has 4 aromatic rings. The number of nitrogens with zero attached hydrogens (tertiary/aromatic N) is 3. The van der Waals surface area contributed by atoms with Gasteiger partial charge in [-0.15, -0.1) is 6.58 Å². The Morgan fingerprint density at radius 3 is 2.33 bits per heavy atom. The van der Waals surface area contributed by atoms with Crippen molar-refractivity contribution in [1.29, 1.82) is 0 Å². The van der Waals surface area contributed by atoms with Gasteiger partial charge >= 0.3 is 6.03 Å². The van der Waals surface area contributed by atoms with E-state index in [0.29, 0.717) is 25.1 Å². The first-order valence-corrected chi connectivity index (χ1v) is 20.5. The van der Waals surface area contributed by atoms with E-state index >= 15 is 0 Å². The standard InChI is InChI=1S/C38H52N6O4.C9H12.H2/c1-6-8-9-13-20-42-25-31(32(45)21-38(3,4)5)30-18-14-17-29(36(30)42)24-43-26-33(41-37(48)40-22-28-15-11-10-12-16-28)44(27-35(43)47)34(46)23-39-19-7-2;1-3-9-6-4-8(2)5-7-9;/h7,10-12,14-18,25,33,39H,2,6,8-9,13,19-24,26-27H2,1,3-5H3,(H2,40,41,48);4-7H,3H2,1-2H3;1H/t33-;;/m1../s1. The number of carbonyl (C=O) groups is 4. The first kappa shape index (κ1) is 44.5. The Labute approximate surface area is 341 Å². The molecule has 1 saturated heterocycles. The molecule has 0 spiro atoms. The van der Waals surface area contributed by atoms with E-state index in [4.69, 9.17) is 0 Å². The lowest BCUT2D eigenvalue weighted by Crippen LogP contribution is -2.65. The second-order valence-electron chi connectivity index (χ2n) is 16.2. The number of aromatic nitrogens is 1. The number of amides is 4. The highest BCUT2D eigenvalue weighted by atomic mass is 16.2. The first-order valence-electron chi connectivity index (χ1n) is 20.5. The number of rotatable bonds is 17. The fraction of sp³-hybridized carbons (Fsp3) is 0.447. The summed E-state index contributed by atoms with van der Waals surface area (Å²) in [4.78, 5) is 56.6. The van der Waals surface area contributed by atoms with Crippen molar-refractivity contribution in [3.05, 3.63) is 119 Å². The van der Waals surface area contributed by atoms with Gasteiger partial charge in [0.05, 0.1) is 18.6 Å². The molecule has 0 radical (unpaired) electrons. The van der Waals surface area contributed by atoms with Crippen molar-refractivity contribution in [2.75, 3.05) is 26.2 Å². The minimum atomic E-state index is -0.736. The van der Waals surface area contributed by atoms with Crippen LogP contribution in [0, 0.1) is 12.3 Å². The molecule has 0 saturated carbocycles. The number of urea groups is 1. The Morgan fingerprint density at radius 1 is 0.930 bits per heavy atom. The van der Waals surface area contributed by atoms with Crippen molar-refractivity contribution < 1.29 is 20.6 Å². The van der Waals surface area contributed by atoms with Crippen LogP contribution < -0.4 is 16.0 Å². The van der Waals surface area contributed by atoms with Gasteiger partial charge in [-0.1, -0.05) is 138 Å². The third kappa shape index (κ3) is 13.7. The van der Waals surface area contributed by atoms with Crippen molar-refractivity contribution in [2.24, 2.45) is 5.41 Å². The number of fused-ring (bicyclic) bond motifs is 1. The minimum absolute atomic E-state index is 0. The van der Waals surface area contributed by atoms with E-state index in [-0.39, 0.29) is 50.6 Å². The van der Waals surface area contributed by atoms with Crippen LogP contribution in [0.1, 0.15) is 101 Å². The van der Waals surface area contributed by atoms with Gasteiger partial charge in [-0.2, -0.15) is 0 Å². The highest BCUT2D eigenvalue weighted by Gasteiger charge is 2.36. The number of nitrogens with one attached hydrogen (secondary N) is 3. The highest BCUT2D eigenvalue weighted by Crippen LogP contribution is 2.31. The lowest BCUT2D eigenvalue weighted by Gasteiger charge is -2.41. The van der Waals surface area contributed by atoms with Gasteiger partial charge in [-0.05, 0) is 41.9 Å². The number of hydrogen-bond acceptors (Lipinski definition) is 5. The molecule has 1 fully saturated rings. The van der Waals surface area contributed by atoms with Crippen LogP contribution in [0.25, 0.3) is 10.9 Å². The Morgan fingerprint density at radius 2 is 1.67 bits per heavy atom. The maximum absolute atomic E-state index is 13.6. The van der Waals surface area contributed by atoms with E-state index in [1.165, 1.54) is 16.0 Å². The number of piperazine rings is 1. The Balaban J connectivity index is 0.000000793. The fourth-order valence-corrected chi connectivity index (χ4v) is 6.95. The van der Waals surface area contributed by atoms with E-state index in [1.54, 1.807) is 11.0 Å². The quantitative estimate of drug-likeness (QED) is 0.0566. The van der Waals surface area contributed by atoms with Gasteiger partial charge in [0.15, 0.2) is 5.78 Å². The maximum atomic E-state index is 13.6. The second kappa shape index (κ2) is 21.9. The second-order valence-corrected chi connectivity index (χ2v) is 16.2. The number of unbranched alkanes of at least 4 members (excludes halogenated alkanes) is 3. The van der Waals surface area contributed by atoms with Crippen LogP contribution in [-0.4, -0.2) is 70.3 Å². The van der Waals surface area contributed by atoms with Crippen molar-refractivity contribution in [3.63, 3.8) is 0 Å². The number of benzene rings is 3. The molecule has 1 aromatic heterocycles. The van der Waals surface area contributed by atoms with E-state index in [2.05, 4.69) is 92.9 Å². The van der Waals surface area contributed by atoms with Crippen LogP contribution in [0.2, 0.25) is 0 Å². The first-order chi connectivity index (χ1) is 27.3. The van der Waals surface area contributed by atoms with Gasteiger partial charge in [-0.3, -0.25) is 14.4 Å². The predicted molar refractivity (Wildman–Crippen MR) is 233 cm³/mol. The molecule has 0 bridgehead atoms. The lowest BCUT2D eigenvalue weighted by molar-refractivity contribution is -0.149. The summed E-state index contributed by atoms with van der Waals surface area (Å²) in [6.45, 7) is 18.1. The van der Waals surface area contributed by atoms with Gasteiger partial charge in [0.25, 0.3) is 0 Å². The molecule has 5 rings (SSSR count). The number of aryl methyl sites for hydroxylation is 3. The molecule has 3 aromatic carbocycles. The van der Waals surface area contributed by atoms with Crippen LogP contribution in [0.15, 0.2) is 91.6 Å². The molecule has 0 unspecified atom stereocenters. The van der Waals surface area contributed by atoms with E-state index in [1.807, 2.05) is 54.7 Å². The zero-order valence-electron chi connectivity index (χ0n) is 35.0. The van der Waals surface area contributed by atoms with E-state index < -0.39 is 12.2 Å². The van der Waals surface area contributed by atoms with Gasteiger partial charge in [0.1, 0.15) is 12.7 Å². The third-order valence-electron chi connectivity index (χ3n) is 10.0. The molecule has 10 nitrogen and oxygen atoms in total. The minimum Gasteiger partial charge on any atom is -0.346 e.